The number of esters is 1. The zero-order valence-electron chi connectivity index (χ0n) is 8.99. The maximum atomic E-state index is 11.4. The second-order valence-electron chi connectivity index (χ2n) is 3.94. The molecular formula is C12H11IO3. The van der Waals surface area contributed by atoms with Gasteiger partial charge in [0.1, 0.15) is 5.76 Å². The molecule has 0 atom stereocenters. The molecule has 4 heteroatoms. The Kier molecular flexibility index (Phi) is 2.92. The molecular weight excluding hydrogens is 319 g/mol. The lowest BCUT2D eigenvalue weighted by Gasteiger charge is -2.30. The molecule has 1 aliphatic rings. The number of halogens is 1. The molecule has 0 spiro atoms. The van der Waals surface area contributed by atoms with E-state index in [-0.39, 0.29) is 5.97 Å². The van der Waals surface area contributed by atoms with Gasteiger partial charge in [0.15, 0.2) is 0 Å². The lowest BCUT2D eigenvalue weighted by molar-refractivity contribution is -0.193. The lowest BCUT2D eigenvalue weighted by Crippen LogP contribution is -2.33. The third-order valence-electron chi connectivity index (χ3n) is 2.06. The zero-order chi connectivity index (χ0) is 11.8. The maximum absolute atomic E-state index is 11.4. The third-order valence-corrected chi connectivity index (χ3v) is 2.73. The van der Waals surface area contributed by atoms with E-state index in [1.165, 1.54) is 6.08 Å². The molecule has 3 nitrogen and oxygen atoms in total. The number of carbonyl (C=O) groups is 1. The van der Waals surface area contributed by atoms with Gasteiger partial charge in [0, 0.05) is 23.0 Å². The van der Waals surface area contributed by atoms with Crippen LogP contribution in [-0.2, 0) is 14.3 Å². The molecule has 16 heavy (non-hydrogen) atoms. The van der Waals surface area contributed by atoms with Gasteiger partial charge in [0.25, 0.3) is 0 Å². The fourth-order valence-electron chi connectivity index (χ4n) is 1.48. The smallest absolute Gasteiger partial charge is 0.337 e. The number of benzene rings is 1. The highest BCUT2D eigenvalue weighted by molar-refractivity contribution is 14.1. The molecule has 0 saturated heterocycles. The van der Waals surface area contributed by atoms with E-state index >= 15 is 0 Å². The topological polar surface area (TPSA) is 35.5 Å². The highest BCUT2D eigenvalue weighted by Gasteiger charge is 2.30. The quantitative estimate of drug-likeness (QED) is 0.587. The Balaban J connectivity index is 2.38. The average Bonchev–Trinajstić information content (AvgIpc) is 2.14. The van der Waals surface area contributed by atoms with Crippen molar-refractivity contribution in [3.63, 3.8) is 0 Å². The Morgan fingerprint density at radius 3 is 2.62 bits per heavy atom. The Bertz CT molecular complexity index is 463. The number of carbonyl (C=O) groups excluding carboxylic acids is 1. The molecule has 1 heterocycles. The molecule has 0 unspecified atom stereocenters. The third kappa shape index (κ3) is 2.55. The van der Waals surface area contributed by atoms with Crippen LogP contribution in [0.2, 0.25) is 0 Å². The molecule has 0 aromatic heterocycles. The van der Waals surface area contributed by atoms with Crippen LogP contribution in [0.3, 0.4) is 0 Å². The lowest BCUT2D eigenvalue weighted by atomic mass is 10.1. The summed E-state index contributed by atoms with van der Waals surface area (Å²) < 4.78 is 11.7. The monoisotopic (exact) mass is 330 g/mol. The van der Waals surface area contributed by atoms with Gasteiger partial charge in [-0.25, -0.2) is 4.79 Å². The van der Waals surface area contributed by atoms with Gasteiger partial charge in [-0.15, -0.1) is 0 Å². The molecule has 0 amide bonds. The Morgan fingerprint density at radius 2 is 2.00 bits per heavy atom. The summed E-state index contributed by atoms with van der Waals surface area (Å²) in [6.45, 7) is 3.43. The number of hydrogen-bond acceptors (Lipinski definition) is 3. The van der Waals surface area contributed by atoms with Crippen LogP contribution >= 0.6 is 22.6 Å². The van der Waals surface area contributed by atoms with Crippen molar-refractivity contribution in [3.8, 4) is 0 Å². The fraction of sp³-hybridized carbons (Fsp3) is 0.250. The molecule has 1 aromatic rings. The highest BCUT2D eigenvalue weighted by Crippen LogP contribution is 2.29. The summed E-state index contributed by atoms with van der Waals surface area (Å²) in [4.78, 5) is 11.4. The van der Waals surface area contributed by atoms with Crippen molar-refractivity contribution >= 4 is 34.3 Å². The molecule has 0 radical (unpaired) electrons. The summed E-state index contributed by atoms with van der Waals surface area (Å²) in [6, 6.07) is 7.77. The fourth-order valence-corrected chi connectivity index (χ4v) is 2.02. The standard InChI is InChI=1S/C12H11IO3/c1-12(2)15-10(7-11(14)16-12)8-4-3-5-9(13)6-8/h3-7H,1-2H3. The van der Waals surface area contributed by atoms with Crippen LogP contribution in [0.5, 0.6) is 0 Å². The minimum absolute atomic E-state index is 0.370. The van der Waals surface area contributed by atoms with Gasteiger partial charge in [0.2, 0.25) is 5.79 Å². The van der Waals surface area contributed by atoms with E-state index in [4.69, 9.17) is 9.47 Å². The largest absolute Gasteiger partial charge is 0.452 e. The van der Waals surface area contributed by atoms with E-state index in [1.54, 1.807) is 13.8 Å². The average molecular weight is 330 g/mol. The number of hydrogen-bond donors (Lipinski definition) is 0. The van der Waals surface area contributed by atoms with E-state index < -0.39 is 5.79 Å². The van der Waals surface area contributed by atoms with Crippen molar-refractivity contribution in [2.75, 3.05) is 0 Å². The van der Waals surface area contributed by atoms with E-state index in [2.05, 4.69) is 22.6 Å². The highest BCUT2D eigenvalue weighted by atomic mass is 127. The van der Waals surface area contributed by atoms with Crippen molar-refractivity contribution < 1.29 is 14.3 Å². The molecule has 0 N–H and O–H groups in total. The normalized spacial score (nSPS) is 18.4. The van der Waals surface area contributed by atoms with Gasteiger partial charge < -0.3 is 9.47 Å². The second-order valence-corrected chi connectivity index (χ2v) is 5.19. The summed E-state index contributed by atoms with van der Waals surface area (Å²) in [6.07, 6.45) is 1.37. The summed E-state index contributed by atoms with van der Waals surface area (Å²) in [5, 5.41) is 0. The van der Waals surface area contributed by atoms with Crippen molar-refractivity contribution in [2.24, 2.45) is 0 Å². The van der Waals surface area contributed by atoms with Crippen molar-refractivity contribution in [1.29, 1.82) is 0 Å². The summed E-state index contributed by atoms with van der Waals surface area (Å²) in [5.41, 5.74) is 0.886. The first-order valence-electron chi connectivity index (χ1n) is 4.86. The molecule has 84 valence electrons. The summed E-state index contributed by atoms with van der Waals surface area (Å²) >= 11 is 2.22. The van der Waals surface area contributed by atoms with Crippen molar-refractivity contribution in [2.45, 2.75) is 19.6 Å². The Morgan fingerprint density at radius 1 is 1.25 bits per heavy atom. The van der Waals surface area contributed by atoms with Crippen LogP contribution in [0.25, 0.3) is 5.76 Å². The van der Waals surface area contributed by atoms with E-state index in [0.29, 0.717) is 5.76 Å². The van der Waals surface area contributed by atoms with E-state index in [9.17, 15) is 4.79 Å². The number of ether oxygens (including phenoxy) is 2. The second kappa shape index (κ2) is 4.08. The van der Waals surface area contributed by atoms with E-state index in [1.807, 2.05) is 24.3 Å². The number of rotatable bonds is 1. The molecule has 0 fully saturated rings. The minimum Gasteiger partial charge on any atom is -0.452 e. The van der Waals surface area contributed by atoms with Crippen LogP contribution in [0, 0.1) is 3.57 Å². The van der Waals surface area contributed by atoms with Gasteiger partial charge in [0.05, 0.1) is 6.08 Å². The maximum Gasteiger partial charge on any atom is 0.337 e. The predicted octanol–water partition coefficient (Wildman–Crippen LogP) is 2.94. The first-order valence-corrected chi connectivity index (χ1v) is 5.94. The zero-order valence-corrected chi connectivity index (χ0v) is 11.1. The van der Waals surface area contributed by atoms with Crippen LogP contribution in [0.4, 0.5) is 0 Å². The van der Waals surface area contributed by atoms with Crippen LogP contribution in [-0.4, -0.2) is 11.8 Å². The number of cyclic esters (lactones) is 1. The predicted molar refractivity (Wildman–Crippen MR) is 68.4 cm³/mol. The first kappa shape index (κ1) is 11.4. The van der Waals surface area contributed by atoms with Crippen molar-refractivity contribution in [3.05, 3.63) is 39.5 Å². The molecule has 0 saturated carbocycles. The van der Waals surface area contributed by atoms with Gasteiger partial charge >= 0.3 is 5.97 Å². The Hall–Kier alpha value is -1.04. The van der Waals surface area contributed by atoms with Gasteiger partial charge in [-0.1, -0.05) is 12.1 Å². The van der Waals surface area contributed by atoms with Crippen molar-refractivity contribution in [1.82, 2.24) is 0 Å². The summed E-state index contributed by atoms with van der Waals surface area (Å²) in [5.74, 6) is -0.715. The molecule has 1 aromatic carbocycles. The van der Waals surface area contributed by atoms with Gasteiger partial charge in [-0.3, -0.25) is 0 Å². The molecule has 0 aliphatic carbocycles. The first-order chi connectivity index (χ1) is 7.46. The molecule has 1 aliphatic heterocycles. The molecule has 2 rings (SSSR count). The SMILES string of the molecule is CC1(C)OC(=O)C=C(c2cccc(I)c2)O1. The van der Waals surface area contributed by atoms with Crippen LogP contribution in [0.1, 0.15) is 19.4 Å². The van der Waals surface area contributed by atoms with E-state index in [0.717, 1.165) is 9.13 Å². The summed E-state index contributed by atoms with van der Waals surface area (Å²) in [7, 11) is 0. The Labute approximate surface area is 108 Å². The van der Waals surface area contributed by atoms with Gasteiger partial charge in [-0.2, -0.15) is 0 Å². The minimum atomic E-state index is -0.900. The van der Waals surface area contributed by atoms with Gasteiger partial charge in [-0.05, 0) is 34.7 Å². The van der Waals surface area contributed by atoms with Crippen LogP contribution < -0.4 is 0 Å². The van der Waals surface area contributed by atoms with Crippen LogP contribution in [0.15, 0.2) is 30.3 Å². The molecule has 0 bridgehead atoms.